The fraction of sp³-hybridized carbons (Fsp3) is 0. The average Bonchev–Trinajstić information content (AvgIpc) is 2.90. The maximum Gasteiger partial charge on any atom is 0.307 e. The molecule has 13 heteroatoms. The lowest BCUT2D eigenvalue weighted by Gasteiger charge is -2.04. The molecule has 2 aromatic carbocycles. The van der Waals surface area contributed by atoms with Crippen LogP contribution in [0.5, 0.6) is 0 Å². The molecule has 0 radical (unpaired) electrons. The molecule has 1 heterocycles. The van der Waals surface area contributed by atoms with Crippen LogP contribution in [0.3, 0.4) is 0 Å². The van der Waals surface area contributed by atoms with E-state index in [1.807, 2.05) is 0 Å². The molecule has 0 amide bonds. The van der Waals surface area contributed by atoms with Crippen molar-refractivity contribution in [2.75, 3.05) is 0 Å². The van der Waals surface area contributed by atoms with Crippen molar-refractivity contribution in [3.63, 3.8) is 0 Å². The van der Waals surface area contributed by atoms with E-state index in [0.29, 0.717) is 10.9 Å². The Morgan fingerprint density at radius 1 is 0.880 bits per heavy atom. The Labute approximate surface area is 136 Å². The Balaban J connectivity index is 2.26. The molecule has 0 saturated carbocycles. The lowest BCUT2D eigenvalue weighted by atomic mass is 10.2. The van der Waals surface area contributed by atoms with Crippen molar-refractivity contribution in [2.24, 2.45) is 0 Å². The van der Waals surface area contributed by atoms with Crippen LogP contribution in [0.15, 0.2) is 36.4 Å². The van der Waals surface area contributed by atoms with Gasteiger partial charge in [-0.1, -0.05) is 0 Å². The van der Waals surface area contributed by atoms with E-state index in [-0.39, 0.29) is 27.3 Å². The van der Waals surface area contributed by atoms with Crippen molar-refractivity contribution >= 4 is 28.1 Å². The van der Waals surface area contributed by atoms with Crippen LogP contribution in [-0.4, -0.2) is 24.7 Å². The number of nitro benzene ring substituents is 3. The summed E-state index contributed by atoms with van der Waals surface area (Å²) in [5.41, 5.74) is -2.02. The van der Waals surface area contributed by atoms with Crippen molar-refractivity contribution in [3.8, 4) is 5.69 Å². The minimum Gasteiger partial charge on any atom is -0.692 e. The predicted octanol–water partition coefficient (Wildman–Crippen LogP) is 1.38. The van der Waals surface area contributed by atoms with E-state index < -0.39 is 26.1 Å². The molecule has 0 saturated heterocycles. The third kappa shape index (κ3) is 2.54. The van der Waals surface area contributed by atoms with E-state index in [1.54, 1.807) is 0 Å². The van der Waals surface area contributed by atoms with Gasteiger partial charge >= 0.3 is 5.69 Å². The monoisotopic (exact) mass is 346 g/mol. The summed E-state index contributed by atoms with van der Waals surface area (Å²) in [6, 6.07) is 6.01. The highest BCUT2D eigenvalue weighted by molar-refractivity contribution is 5.74. The lowest BCUT2D eigenvalue weighted by Crippen LogP contribution is -2.37. The van der Waals surface area contributed by atoms with Gasteiger partial charge in [-0.25, -0.2) is 0 Å². The van der Waals surface area contributed by atoms with Crippen molar-refractivity contribution in [1.29, 1.82) is 0 Å². The van der Waals surface area contributed by atoms with Gasteiger partial charge in [0, 0.05) is 23.0 Å². The maximum absolute atomic E-state index is 12.3. The standard InChI is InChI=1S/C12H6N6O7/c19-15-11-5-7(16(20)21)1-3-9(11)13-14(15)10-4-2-8(17(22)23)6-12(10)18(24)25/h1-6H. The average molecular weight is 346 g/mol. The van der Waals surface area contributed by atoms with E-state index >= 15 is 0 Å². The number of hydrogen-bond acceptors (Lipinski definition) is 8. The summed E-state index contributed by atoms with van der Waals surface area (Å²) < 4.78 is 0. The fourth-order valence-corrected chi connectivity index (χ4v) is 2.20. The quantitative estimate of drug-likeness (QED) is 0.294. The van der Waals surface area contributed by atoms with Gasteiger partial charge in [0.1, 0.15) is 0 Å². The molecule has 3 rings (SSSR count). The lowest BCUT2D eigenvalue weighted by molar-refractivity contribution is -0.665. The van der Waals surface area contributed by atoms with Gasteiger partial charge in [-0.2, -0.15) is 0 Å². The van der Waals surface area contributed by atoms with Gasteiger partial charge in [0.05, 0.1) is 32.0 Å². The Hall–Kier alpha value is -4.16. The summed E-state index contributed by atoms with van der Waals surface area (Å²) in [4.78, 5) is 31.1. The molecule has 0 aliphatic heterocycles. The number of nitro groups is 3. The van der Waals surface area contributed by atoms with Gasteiger partial charge in [0.2, 0.25) is 11.2 Å². The minimum absolute atomic E-state index is 0.0632. The van der Waals surface area contributed by atoms with Crippen LogP contribution in [0.1, 0.15) is 0 Å². The predicted molar refractivity (Wildman–Crippen MR) is 80.0 cm³/mol. The first-order valence-electron chi connectivity index (χ1n) is 6.50. The summed E-state index contributed by atoms with van der Waals surface area (Å²) in [5, 5.41) is 48.9. The second-order valence-electron chi connectivity index (χ2n) is 4.78. The number of non-ortho nitro benzene ring substituents is 2. The fourth-order valence-electron chi connectivity index (χ4n) is 2.20. The second kappa shape index (κ2) is 5.48. The van der Waals surface area contributed by atoms with Crippen LogP contribution in [-0.2, 0) is 0 Å². The number of fused-ring (bicyclic) bond motifs is 1. The maximum atomic E-state index is 12.3. The molecule has 0 aliphatic carbocycles. The highest BCUT2D eigenvalue weighted by atomic mass is 16.6. The van der Waals surface area contributed by atoms with Crippen LogP contribution < -0.4 is 4.85 Å². The number of aromatic nitrogens is 3. The van der Waals surface area contributed by atoms with E-state index in [1.165, 1.54) is 6.07 Å². The zero-order chi connectivity index (χ0) is 18.3. The molecule has 1 aromatic heterocycles. The molecule has 13 nitrogen and oxygen atoms in total. The molecule has 0 spiro atoms. The van der Waals surface area contributed by atoms with Crippen LogP contribution in [0, 0.1) is 35.6 Å². The molecule has 0 fully saturated rings. The van der Waals surface area contributed by atoms with E-state index in [4.69, 9.17) is 0 Å². The van der Waals surface area contributed by atoms with Gasteiger partial charge in [0.25, 0.3) is 16.9 Å². The minimum atomic E-state index is -0.892. The third-order valence-electron chi connectivity index (χ3n) is 3.33. The Kier molecular flexibility index (Phi) is 3.45. The molecule has 0 bridgehead atoms. The first kappa shape index (κ1) is 15.7. The largest absolute Gasteiger partial charge is 0.692 e. The molecular weight excluding hydrogens is 340 g/mol. The smallest absolute Gasteiger partial charge is 0.307 e. The summed E-state index contributed by atoms with van der Waals surface area (Å²) in [6.07, 6.45) is 0. The van der Waals surface area contributed by atoms with E-state index in [0.717, 1.165) is 24.3 Å². The Morgan fingerprint density at radius 3 is 2.08 bits per heavy atom. The first-order valence-corrected chi connectivity index (χ1v) is 6.50. The van der Waals surface area contributed by atoms with Gasteiger partial charge in [-0.05, 0) is 6.07 Å². The second-order valence-corrected chi connectivity index (χ2v) is 4.78. The Morgan fingerprint density at radius 2 is 1.48 bits per heavy atom. The summed E-state index contributed by atoms with van der Waals surface area (Å²) >= 11 is 0. The normalized spacial score (nSPS) is 10.7. The molecule has 25 heavy (non-hydrogen) atoms. The van der Waals surface area contributed by atoms with Crippen LogP contribution >= 0.6 is 0 Å². The Bertz CT molecular complexity index is 1060. The number of rotatable bonds is 4. The molecule has 0 unspecified atom stereocenters. The van der Waals surface area contributed by atoms with Gasteiger partial charge in [-0.3, -0.25) is 30.3 Å². The highest BCUT2D eigenvalue weighted by Crippen LogP contribution is 2.27. The molecule has 0 atom stereocenters. The zero-order valence-electron chi connectivity index (χ0n) is 12.0. The SMILES string of the molecule is O=[N+]([O-])c1ccc(-n2nc3ccc([N+](=O)[O-])cc3[n+]2[O-])c([N+](=O)[O-])c1. The van der Waals surface area contributed by atoms with E-state index in [2.05, 4.69) is 5.10 Å². The van der Waals surface area contributed by atoms with Crippen molar-refractivity contribution in [3.05, 3.63) is 71.9 Å². The number of nitrogens with zero attached hydrogens (tertiary/aromatic N) is 6. The zero-order valence-corrected chi connectivity index (χ0v) is 12.0. The third-order valence-corrected chi connectivity index (χ3v) is 3.33. The van der Waals surface area contributed by atoms with Gasteiger partial charge < -0.3 is 5.21 Å². The topological polar surface area (TPSA) is 174 Å². The van der Waals surface area contributed by atoms with Crippen LogP contribution in [0.25, 0.3) is 16.7 Å². The molecular formula is C12H6N6O7. The van der Waals surface area contributed by atoms with Gasteiger partial charge in [-0.15, -0.1) is 4.85 Å². The first-order chi connectivity index (χ1) is 11.8. The molecule has 0 N–H and O–H groups in total. The molecule has 126 valence electrons. The van der Waals surface area contributed by atoms with Gasteiger partial charge in [0.15, 0.2) is 0 Å². The van der Waals surface area contributed by atoms with Crippen molar-refractivity contribution in [1.82, 2.24) is 9.90 Å². The van der Waals surface area contributed by atoms with E-state index in [9.17, 15) is 35.6 Å². The highest BCUT2D eigenvalue weighted by Gasteiger charge is 2.27. The summed E-state index contributed by atoms with van der Waals surface area (Å²) in [7, 11) is 0. The van der Waals surface area contributed by atoms with Crippen LogP contribution in [0.2, 0.25) is 0 Å². The summed E-state index contributed by atoms with van der Waals surface area (Å²) in [6.45, 7) is 0. The number of benzene rings is 2. The van der Waals surface area contributed by atoms with Crippen molar-refractivity contribution < 1.29 is 19.6 Å². The number of hydrogen-bond donors (Lipinski definition) is 0. The van der Waals surface area contributed by atoms with Crippen LogP contribution in [0.4, 0.5) is 17.1 Å². The summed E-state index contributed by atoms with van der Waals surface area (Å²) in [5.74, 6) is 0. The molecule has 0 aliphatic rings. The molecule has 3 aromatic rings. The van der Waals surface area contributed by atoms with Crippen molar-refractivity contribution in [2.45, 2.75) is 0 Å².